The van der Waals surface area contributed by atoms with Gasteiger partial charge in [-0.25, -0.2) is 4.98 Å². The molecule has 0 aliphatic carbocycles. The average molecular weight is 295 g/mol. The highest BCUT2D eigenvalue weighted by atomic mass is 32.2. The molecule has 7 nitrogen and oxygen atoms in total. The van der Waals surface area contributed by atoms with Crippen molar-refractivity contribution in [2.45, 2.75) is 38.3 Å². The summed E-state index contributed by atoms with van der Waals surface area (Å²) in [4.78, 5) is 15.9. The van der Waals surface area contributed by atoms with E-state index in [4.69, 9.17) is 4.52 Å². The number of anilines is 1. The van der Waals surface area contributed by atoms with Gasteiger partial charge in [-0.3, -0.25) is 15.2 Å². The standard InChI is InChI=1S/C12H17N5O2S/c1-7-13-11(16-15-7)20-6-9(18)14-10-5-8(17-19-10)12(2,3)4/h5H,6H2,1-4H3,(H,14,18)(H,13,15,16). The number of thioether (sulfide) groups is 1. The van der Waals surface area contributed by atoms with Crippen LogP contribution in [0.2, 0.25) is 0 Å². The minimum Gasteiger partial charge on any atom is -0.338 e. The summed E-state index contributed by atoms with van der Waals surface area (Å²) in [6, 6.07) is 1.74. The average Bonchev–Trinajstić information content (AvgIpc) is 2.95. The summed E-state index contributed by atoms with van der Waals surface area (Å²) in [5, 5.41) is 13.8. The molecule has 20 heavy (non-hydrogen) atoms. The summed E-state index contributed by atoms with van der Waals surface area (Å²) >= 11 is 1.25. The van der Waals surface area contributed by atoms with Gasteiger partial charge in [0.15, 0.2) is 0 Å². The maximum atomic E-state index is 11.8. The van der Waals surface area contributed by atoms with Crippen LogP contribution in [0, 0.1) is 6.92 Å². The highest BCUT2D eigenvalue weighted by Gasteiger charge is 2.19. The molecular formula is C12H17N5O2S. The van der Waals surface area contributed by atoms with Crippen molar-refractivity contribution < 1.29 is 9.32 Å². The molecule has 8 heteroatoms. The van der Waals surface area contributed by atoms with Crippen LogP contribution in [-0.4, -0.2) is 32.0 Å². The molecule has 0 aromatic carbocycles. The number of nitrogens with zero attached hydrogens (tertiary/aromatic N) is 3. The first-order valence-corrected chi connectivity index (χ1v) is 7.12. The lowest BCUT2D eigenvalue weighted by Crippen LogP contribution is -2.14. The highest BCUT2D eigenvalue weighted by Crippen LogP contribution is 2.23. The van der Waals surface area contributed by atoms with Crippen LogP contribution in [0.1, 0.15) is 32.3 Å². The Kier molecular flexibility index (Phi) is 4.12. The summed E-state index contributed by atoms with van der Waals surface area (Å²) < 4.78 is 5.09. The van der Waals surface area contributed by atoms with E-state index in [-0.39, 0.29) is 17.1 Å². The normalized spacial score (nSPS) is 11.6. The van der Waals surface area contributed by atoms with E-state index in [2.05, 4.69) is 25.7 Å². The molecule has 0 bridgehead atoms. The number of aryl methyl sites for hydroxylation is 1. The van der Waals surface area contributed by atoms with Crippen molar-refractivity contribution in [2.75, 3.05) is 11.1 Å². The fraction of sp³-hybridized carbons (Fsp3) is 0.500. The number of H-pyrrole nitrogens is 1. The van der Waals surface area contributed by atoms with Crippen molar-refractivity contribution in [1.82, 2.24) is 20.3 Å². The molecule has 0 spiro atoms. The van der Waals surface area contributed by atoms with Crippen molar-refractivity contribution >= 4 is 23.6 Å². The molecule has 2 N–H and O–H groups in total. The minimum absolute atomic E-state index is 0.113. The monoisotopic (exact) mass is 295 g/mol. The fourth-order valence-corrected chi connectivity index (χ4v) is 2.02. The van der Waals surface area contributed by atoms with Crippen molar-refractivity contribution in [3.05, 3.63) is 17.6 Å². The van der Waals surface area contributed by atoms with Crippen molar-refractivity contribution in [3.63, 3.8) is 0 Å². The van der Waals surface area contributed by atoms with Crippen LogP contribution in [0.5, 0.6) is 0 Å². The van der Waals surface area contributed by atoms with Gasteiger partial charge in [0.05, 0.1) is 11.4 Å². The molecule has 0 aliphatic heterocycles. The molecule has 2 aromatic rings. The maximum absolute atomic E-state index is 11.8. The number of aromatic amines is 1. The van der Waals surface area contributed by atoms with Crippen molar-refractivity contribution in [3.8, 4) is 0 Å². The number of hydrogen-bond donors (Lipinski definition) is 2. The Morgan fingerprint density at radius 1 is 1.50 bits per heavy atom. The topological polar surface area (TPSA) is 96.7 Å². The third kappa shape index (κ3) is 3.83. The Bertz CT molecular complexity index is 599. The van der Waals surface area contributed by atoms with Gasteiger partial charge in [-0.15, -0.1) is 5.10 Å². The number of rotatable bonds is 4. The predicted molar refractivity (Wildman–Crippen MR) is 75.7 cm³/mol. The second-order valence-electron chi connectivity index (χ2n) is 5.37. The Morgan fingerprint density at radius 2 is 2.25 bits per heavy atom. The van der Waals surface area contributed by atoms with Gasteiger partial charge in [-0.1, -0.05) is 37.7 Å². The summed E-state index contributed by atoms with van der Waals surface area (Å²) in [6.45, 7) is 7.88. The first-order chi connectivity index (χ1) is 9.34. The van der Waals surface area contributed by atoms with Gasteiger partial charge >= 0.3 is 0 Å². The Hall–Kier alpha value is -1.83. The van der Waals surface area contributed by atoms with E-state index in [1.54, 1.807) is 13.0 Å². The van der Waals surface area contributed by atoms with E-state index in [1.807, 2.05) is 20.8 Å². The van der Waals surface area contributed by atoms with Crippen molar-refractivity contribution in [1.29, 1.82) is 0 Å². The van der Waals surface area contributed by atoms with E-state index in [0.29, 0.717) is 11.0 Å². The van der Waals surface area contributed by atoms with Crippen LogP contribution in [0.15, 0.2) is 15.7 Å². The molecule has 0 saturated heterocycles. The zero-order chi connectivity index (χ0) is 14.8. The highest BCUT2D eigenvalue weighted by molar-refractivity contribution is 7.99. The van der Waals surface area contributed by atoms with Gasteiger partial charge < -0.3 is 4.52 Å². The molecule has 0 atom stereocenters. The summed E-state index contributed by atoms with van der Waals surface area (Å²) in [6.07, 6.45) is 0. The van der Waals surface area contributed by atoms with Crippen molar-refractivity contribution in [2.24, 2.45) is 0 Å². The number of amides is 1. The summed E-state index contributed by atoms with van der Waals surface area (Å²) in [5.74, 6) is 1.10. The minimum atomic E-state index is -0.186. The Labute approximate surface area is 120 Å². The van der Waals surface area contributed by atoms with E-state index in [9.17, 15) is 4.79 Å². The molecule has 108 valence electrons. The van der Waals surface area contributed by atoms with E-state index >= 15 is 0 Å². The van der Waals surface area contributed by atoms with Gasteiger partial charge in [0.25, 0.3) is 0 Å². The SMILES string of the molecule is Cc1nc(SCC(=O)Nc2cc(C(C)(C)C)no2)n[nH]1. The molecule has 1 amide bonds. The molecular weight excluding hydrogens is 278 g/mol. The quantitative estimate of drug-likeness (QED) is 0.839. The van der Waals surface area contributed by atoms with Crippen LogP contribution < -0.4 is 5.32 Å². The molecule has 0 unspecified atom stereocenters. The number of nitrogens with one attached hydrogen (secondary N) is 2. The zero-order valence-electron chi connectivity index (χ0n) is 11.9. The lowest BCUT2D eigenvalue weighted by molar-refractivity contribution is -0.113. The molecule has 0 radical (unpaired) electrons. The van der Waals surface area contributed by atoms with Gasteiger partial charge in [0.1, 0.15) is 5.82 Å². The van der Waals surface area contributed by atoms with Crippen LogP contribution in [0.25, 0.3) is 0 Å². The predicted octanol–water partition coefficient (Wildman–Crippen LogP) is 2.13. The first kappa shape index (κ1) is 14.6. The maximum Gasteiger partial charge on any atom is 0.237 e. The molecule has 2 aromatic heterocycles. The third-order valence-corrected chi connectivity index (χ3v) is 3.30. The fourth-order valence-electron chi connectivity index (χ4n) is 1.38. The van der Waals surface area contributed by atoms with E-state index in [1.165, 1.54) is 11.8 Å². The van der Waals surface area contributed by atoms with Crippen LogP contribution >= 0.6 is 11.8 Å². The Balaban J connectivity index is 1.87. The molecule has 0 aliphatic rings. The molecule has 2 rings (SSSR count). The molecule has 2 heterocycles. The van der Waals surface area contributed by atoms with Gasteiger partial charge in [-0.2, -0.15) is 0 Å². The smallest absolute Gasteiger partial charge is 0.237 e. The van der Waals surface area contributed by atoms with Crippen LogP contribution in [-0.2, 0) is 10.2 Å². The van der Waals surface area contributed by atoms with E-state index in [0.717, 1.165) is 11.5 Å². The third-order valence-electron chi connectivity index (χ3n) is 2.45. The lowest BCUT2D eigenvalue weighted by Gasteiger charge is -2.12. The van der Waals surface area contributed by atoms with Crippen LogP contribution in [0.3, 0.4) is 0 Å². The molecule has 0 fully saturated rings. The first-order valence-electron chi connectivity index (χ1n) is 6.13. The number of carbonyl (C=O) groups excluding carboxylic acids is 1. The largest absolute Gasteiger partial charge is 0.338 e. The number of carbonyl (C=O) groups is 1. The second kappa shape index (κ2) is 5.66. The second-order valence-corrected chi connectivity index (χ2v) is 6.31. The lowest BCUT2D eigenvalue weighted by atomic mass is 9.92. The summed E-state index contributed by atoms with van der Waals surface area (Å²) in [5.41, 5.74) is 0.683. The zero-order valence-corrected chi connectivity index (χ0v) is 12.7. The number of hydrogen-bond acceptors (Lipinski definition) is 6. The van der Waals surface area contributed by atoms with Gasteiger partial charge in [0, 0.05) is 11.5 Å². The summed E-state index contributed by atoms with van der Waals surface area (Å²) in [7, 11) is 0. The van der Waals surface area contributed by atoms with Gasteiger partial charge in [0.2, 0.25) is 16.9 Å². The van der Waals surface area contributed by atoms with Gasteiger partial charge in [-0.05, 0) is 6.92 Å². The van der Waals surface area contributed by atoms with Crippen LogP contribution in [0.4, 0.5) is 5.88 Å². The Morgan fingerprint density at radius 3 is 2.80 bits per heavy atom. The number of aromatic nitrogens is 4. The molecule has 0 saturated carbocycles. The van der Waals surface area contributed by atoms with E-state index < -0.39 is 0 Å².